The van der Waals surface area contributed by atoms with Crippen molar-refractivity contribution in [2.75, 3.05) is 13.2 Å². The second-order valence-corrected chi connectivity index (χ2v) is 5.01. The van der Waals surface area contributed by atoms with Gasteiger partial charge in [-0.05, 0) is 31.0 Å². The number of hydrogen-bond acceptors (Lipinski definition) is 3. The maximum atomic E-state index is 9.11. The Morgan fingerprint density at radius 2 is 2.00 bits per heavy atom. The third-order valence-electron chi connectivity index (χ3n) is 3.48. The lowest BCUT2D eigenvalue weighted by molar-refractivity contribution is 0.182. The van der Waals surface area contributed by atoms with Crippen LogP contribution in [0, 0.1) is 0 Å². The molecule has 1 aromatic carbocycles. The van der Waals surface area contributed by atoms with E-state index in [1.54, 1.807) is 0 Å². The van der Waals surface area contributed by atoms with Crippen LogP contribution in [0.5, 0.6) is 0 Å². The fraction of sp³-hybridized carbons (Fsp3) is 0.400. The zero-order valence-corrected chi connectivity index (χ0v) is 10.9. The van der Waals surface area contributed by atoms with E-state index < -0.39 is 0 Å². The molecule has 0 atom stereocenters. The molecule has 1 saturated carbocycles. The maximum Gasteiger partial charge on any atom is 0.0769 e. The zero-order chi connectivity index (χ0) is 13.1. The molecule has 0 bridgehead atoms. The molecule has 0 radical (unpaired) electrons. The summed E-state index contributed by atoms with van der Waals surface area (Å²) in [5, 5.41) is 13.7. The van der Waals surface area contributed by atoms with Gasteiger partial charge in [0.15, 0.2) is 0 Å². The van der Waals surface area contributed by atoms with Gasteiger partial charge >= 0.3 is 0 Å². The fourth-order valence-electron chi connectivity index (χ4n) is 2.34. The number of aliphatic hydroxyl groups excluding tert-OH is 1. The topological polar surface area (TPSA) is 41.3 Å². The summed E-state index contributed by atoms with van der Waals surface area (Å²) in [6.45, 7) is 1.78. The summed E-state index contributed by atoms with van der Waals surface area (Å²) < 4.78 is 1.90. The van der Waals surface area contributed by atoms with Crippen molar-refractivity contribution in [2.24, 2.45) is 0 Å². The highest BCUT2D eigenvalue weighted by Crippen LogP contribution is 2.27. The van der Waals surface area contributed by atoms with Crippen molar-refractivity contribution in [2.45, 2.75) is 25.4 Å². The predicted molar refractivity (Wildman–Crippen MR) is 74.1 cm³/mol. The molecule has 1 aliphatic carbocycles. The van der Waals surface area contributed by atoms with Crippen LogP contribution in [0.2, 0.25) is 0 Å². The number of benzene rings is 1. The van der Waals surface area contributed by atoms with Crippen LogP contribution in [0.1, 0.15) is 18.5 Å². The van der Waals surface area contributed by atoms with Crippen LogP contribution in [0.25, 0.3) is 5.69 Å². The summed E-state index contributed by atoms with van der Waals surface area (Å²) in [5.74, 6) is 0. The number of hydrogen-bond donors (Lipinski definition) is 1. The van der Waals surface area contributed by atoms with E-state index in [4.69, 9.17) is 5.11 Å². The summed E-state index contributed by atoms with van der Waals surface area (Å²) in [4.78, 5) is 2.32. The molecule has 19 heavy (non-hydrogen) atoms. The summed E-state index contributed by atoms with van der Waals surface area (Å²) in [7, 11) is 0. The third kappa shape index (κ3) is 3.03. The normalized spacial score (nSPS) is 15.1. The number of aliphatic hydroxyl groups is 1. The highest BCUT2D eigenvalue weighted by molar-refractivity contribution is 5.30. The minimum atomic E-state index is 0.218. The van der Waals surface area contributed by atoms with Gasteiger partial charge in [0.1, 0.15) is 0 Å². The number of nitrogens with zero attached hydrogens (tertiary/aromatic N) is 3. The highest BCUT2D eigenvalue weighted by atomic mass is 16.3. The van der Waals surface area contributed by atoms with E-state index >= 15 is 0 Å². The molecule has 1 fully saturated rings. The Hall–Kier alpha value is -1.65. The minimum Gasteiger partial charge on any atom is -0.395 e. The molecule has 4 heteroatoms. The van der Waals surface area contributed by atoms with Crippen molar-refractivity contribution < 1.29 is 5.11 Å². The van der Waals surface area contributed by atoms with Crippen LogP contribution in [0.4, 0.5) is 0 Å². The second-order valence-electron chi connectivity index (χ2n) is 5.01. The highest BCUT2D eigenvalue weighted by Gasteiger charge is 2.28. The molecule has 3 rings (SSSR count). The first-order chi connectivity index (χ1) is 9.36. The van der Waals surface area contributed by atoms with Gasteiger partial charge in [-0.25, -0.2) is 4.68 Å². The molecule has 1 N–H and O–H groups in total. The molecular weight excluding hydrogens is 238 g/mol. The molecule has 0 spiro atoms. The Balaban J connectivity index is 1.70. The van der Waals surface area contributed by atoms with Crippen molar-refractivity contribution in [1.29, 1.82) is 0 Å². The van der Waals surface area contributed by atoms with Crippen LogP contribution < -0.4 is 0 Å². The average Bonchev–Trinajstić information content (AvgIpc) is 3.19. The molecular formula is C15H19N3O. The lowest BCUT2D eigenvalue weighted by Gasteiger charge is -2.19. The van der Waals surface area contributed by atoms with Crippen LogP contribution in [-0.4, -0.2) is 39.0 Å². The van der Waals surface area contributed by atoms with Crippen molar-refractivity contribution >= 4 is 0 Å². The fourth-order valence-corrected chi connectivity index (χ4v) is 2.34. The summed E-state index contributed by atoms with van der Waals surface area (Å²) >= 11 is 0. The molecule has 1 aromatic heterocycles. The van der Waals surface area contributed by atoms with E-state index in [1.807, 2.05) is 41.2 Å². The first-order valence-electron chi connectivity index (χ1n) is 6.82. The van der Waals surface area contributed by atoms with Crippen LogP contribution in [-0.2, 0) is 6.54 Å². The van der Waals surface area contributed by atoms with E-state index in [0.29, 0.717) is 6.04 Å². The molecule has 1 aliphatic rings. The van der Waals surface area contributed by atoms with Crippen LogP contribution >= 0.6 is 0 Å². The number of aromatic nitrogens is 2. The van der Waals surface area contributed by atoms with Crippen LogP contribution in [0.3, 0.4) is 0 Å². The van der Waals surface area contributed by atoms with Gasteiger partial charge in [0.05, 0.1) is 18.0 Å². The van der Waals surface area contributed by atoms with Gasteiger partial charge in [-0.2, -0.15) is 5.10 Å². The van der Waals surface area contributed by atoms with Gasteiger partial charge < -0.3 is 5.11 Å². The molecule has 0 unspecified atom stereocenters. The van der Waals surface area contributed by atoms with E-state index in [1.165, 1.54) is 12.8 Å². The Bertz CT molecular complexity index is 519. The quantitative estimate of drug-likeness (QED) is 0.858. The monoisotopic (exact) mass is 257 g/mol. The van der Waals surface area contributed by atoms with Crippen molar-refractivity contribution in [3.63, 3.8) is 0 Å². The van der Waals surface area contributed by atoms with Gasteiger partial charge in [-0.1, -0.05) is 18.2 Å². The van der Waals surface area contributed by atoms with E-state index in [0.717, 1.165) is 24.5 Å². The van der Waals surface area contributed by atoms with E-state index in [2.05, 4.69) is 16.1 Å². The van der Waals surface area contributed by atoms with Crippen LogP contribution in [0.15, 0.2) is 42.6 Å². The lowest BCUT2D eigenvalue weighted by atomic mass is 10.3. The van der Waals surface area contributed by atoms with Gasteiger partial charge in [0.25, 0.3) is 0 Å². The summed E-state index contributed by atoms with van der Waals surface area (Å²) in [6.07, 6.45) is 4.49. The molecule has 1 heterocycles. The Morgan fingerprint density at radius 1 is 1.21 bits per heavy atom. The maximum absolute atomic E-state index is 9.11. The molecule has 0 amide bonds. The first-order valence-corrected chi connectivity index (χ1v) is 6.82. The zero-order valence-electron chi connectivity index (χ0n) is 10.9. The van der Waals surface area contributed by atoms with Gasteiger partial charge in [0.2, 0.25) is 0 Å². The average molecular weight is 257 g/mol. The number of rotatable bonds is 6. The van der Waals surface area contributed by atoms with E-state index in [9.17, 15) is 0 Å². The summed E-state index contributed by atoms with van der Waals surface area (Å²) in [6, 6.07) is 12.8. The van der Waals surface area contributed by atoms with Crippen molar-refractivity contribution in [3.8, 4) is 5.69 Å². The van der Waals surface area contributed by atoms with Gasteiger partial charge in [-0.3, -0.25) is 4.90 Å². The Morgan fingerprint density at radius 3 is 2.68 bits per heavy atom. The molecule has 2 aromatic rings. The smallest absolute Gasteiger partial charge is 0.0769 e. The minimum absolute atomic E-state index is 0.218. The van der Waals surface area contributed by atoms with Crippen molar-refractivity contribution in [3.05, 3.63) is 48.3 Å². The molecule has 100 valence electrons. The SMILES string of the molecule is OCCN(Cc1ccn(-c2ccccc2)n1)C1CC1. The van der Waals surface area contributed by atoms with Gasteiger partial charge in [-0.15, -0.1) is 0 Å². The second kappa shape index (κ2) is 5.55. The molecule has 0 aliphatic heterocycles. The first kappa shape index (κ1) is 12.4. The predicted octanol–water partition coefficient (Wildman–Crippen LogP) is 1.83. The molecule has 0 saturated heterocycles. The standard InChI is InChI=1S/C15H19N3O/c19-11-10-17(14-6-7-14)12-13-8-9-18(16-13)15-4-2-1-3-5-15/h1-5,8-9,14,19H,6-7,10-12H2. The Kier molecular flexibility index (Phi) is 3.62. The number of para-hydroxylation sites is 1. The largest absolute Gasteiger partial charge is 0.395 e. The van der Waals surface area contributed by atoms with E-state index in [-0.39, 0.29) is 6.61 Å². The third-order valence-corrected chi connectivity index (χ3v) is 3.48. The van der Waals surface area contributed by atoms with Gasteiger partial charge in [0, 0.05) is 25.3 Å². The van der Waals surface area contributed by atoms with Crippen molar-refractivity contribution in [1.82, 2.24) is 14.7 Å². The Labute approximate surface area is 113 Å². The summed E-state index contributed by atoms with van der Waals surface area (Å²) in [5.41, 5.74) is 2.14. The molecule has 4 nitrogen and oxygen atoms in total. The lowest BCUT2D eigenvalue weighted by Crippen LogP contribution is -2.28.